The maximum Gasteiger partial charge on any atom is 0.304 e. The van der Waals surface area contributed by atoms with Crippen LogP contribution in [0, 0.1) is 15.9 Å². The molecule has 0 aliphatic heterocycles. The SMILES string of the molecule is COCc1ccc(CNc2ccc([N+](=O)[O-])c(F)c2)cc1. The molecule has 2 aromatic carbocycles. The van der Waals surface area contributed by atoms with Crippen molar-refractivity contribution >= 4 is 11.4 Å². The summed E-state index contributed by atoms with van der Waals surface area (Å²) in [4.78, 5) is 9.79. The van der Waals surface area contributed by atoms with Gasteiger partial charge in [0.1, 0.15) is 0 Å². The van der Waals surface area contributed by atoms with E-state index in [0.29, 0.717) is 18.8 Å². The molecule has 21 heavy (non-hydrogen) atoms. The minimum atomic E-state index is -0.847. The average molecular weight is 290 g/mol. The molecular formula is C15H15FN2O3. The molecule has 0 aromatic heterocycles. The fraction of sp³-hybridized carbons (Fsp3) is 0.200. The number of nitrogens with one attached hydrogen (secondary N) is 1. The Morgan fingerprint density at radius 1 is 1.19 bits per heavy atom. The van der Waals surface area contributed by atoms with Crippen LogP contribution in [0.1, 0.15) is 11.1 Å². The van der Waals surface area contributed by atoms with E-state index in [-0.39, 0.29) is 0 Å². The van der Waals surface area contributed by atoms with Gasteiger partial charge in [-0.2, -0.15) is 4.39 Å². The molecule has 0 unspecified atom stereocenters. The molecule has 2 rings (SSSR count). The molecule has 0 atom stereocenters. The van der Waals surface area contributed by atoms with Gasteiger partial charge in [0.2, 0.25) is 5.82 Å². The normalized spacial score (nSPS) is 10.4. The number of benzene rings is 2. The highest BCUT2D eigenvalue weighted by atomic mass is 19.1. The lowest BCUT2D eigenvalue weighted by molar-refractivity contribution is -0.387. The van der Waals surface area contributed by atoms with Gasteiger partial charge in [-0.15, -0.1) is 0 Å². The van der Waals surface area contributed by atoms with Gasteiger partial charge in [-0.05, 0) is 17.2 Å². The second kappa shape index (κ2) is 6.81. The number of methoxy groups -OCH3 is 1. The van der Waals surface area contributed by atoms with Gasteiger partial charge < -0.3 is 10.1 Å². The molecule has 0 saturated heterocycles. The van der Waals surface area contributed by atoms with Gasteiger partial charge in [0.05, 0.1) is 11.5 Å². The Hall–Kier alpha value is -2.47. The Labute approximate surface area is 121 Å². The zero-order chi connectivity index (χ0) is 15.2. The van der Waals surface area contributed by atoms with Crippen LogP contribution in [0.4, 0.5) is 15.8 Å². The fourth-order valence-corrected chi connectivity index (χ4v) is 1.89. The Morgan fingerprint density at radius 3 is 2.43 bits per heavy atom. The van der Waals surface area contributed by atoms with E-state index in [1.165, 1.54) is 6.07 Å². The van der Waals surface area contributed by atoms with Crippen LogP contribution in [-0.4, -0.2) is 12.0 Å². The van der Waals surface area contributed by atoms with Crippen LogP contribution in [0.2, 0.25) is 0 Å². The van der Waals surface area contributed by atoms with Crippen molar-refractivity contribution < 1.29 is 14.1 Å². The van der Waals surface area contributed by atoms with Crippen molar-refractivity contribution in [3.63, 3.8) is 0 Å². The molecule has 6 heteroatoms. The first-order valence-corrected chi connectivity index (χ1v) is 6.34. The third-order valence-corrected chi connectivity index (χ3v) is 2.97. The van der Waals surface area contributed by atoms with Gasteiger partial charge in [0, 0.05) is 31.5 Å². The lowest BCUT2D eigenvalue weighted by Gasteiger charge is -2.07. The molecule has 1 N–H and O–H groups in total. The minimum Gasteiger partial charge on any atom is -0.381 e. The number of nitrogens with zero attached hydrogens (tertiary/aromatic N) is 1. The number of anilines is 1. The van der Waals surface area contributed by atoms with Crippen molar-refractivity contribution in [1.29, 1.82) is 0 Å². The first-order chi connectivity index (χ1) is 10.1. The molecule has 0 aliphatic rings. The Bertz CT molecular complexity index is 629. The third-order valence-electron chi connectivity index (χ3n) is 2.97. The number of ether oxygens (including phenoxy) is 1. The zero-order valence-electron chi connectivity index (χ0n) is 11.5. The summed E-state index contributed by atoms with van der Waals surface area (Å²) >= 11 is 0. The number of halogens is 1. The lowest BCUT2D eigenvalue weighted by Crippen LogP contribution is -2.01. The summed E-state index contributed by atoms with van der Waals surface area (Å²) in [7, 11) is 1.64. The molecule has 0 radical (unpaired) electrons. The summed E-state index contributed by atoms with van der Waals surface area (Å²) in [6, 6.07) is 11.6. The Morgan fingerprint density at radius 2 is 1.86 bits per heavy atom. The number of hydrogen-bond donors (Lipinski definition) is 1. The van der Waals surface area contributed by atoms with Crippen LogP contribution >= 0.6 is 0 Å². The van der Waals surface area contributed by atoms with Gasteiger partial charge >= 0.3 is 5.69 Å². The van der Waals surface area contributed by atoms with Crippen LogP contribution in [0.25, 0.3) is 0 Å². The zero-order valence-corrected chi connectivity index (χ0v) is 11.5. The van der Waals surface area contributed by atoms with Crippen LogP contribution in [0.3, 0.4) is 0 Å². The number of nitro benzene ring substituents is 1. The largest absolute Gasteiger partial charge is 0.381 e. The first kappa shape index (κ1) is 14.9. The van der Waals surface area contributed by atoms with Gasteiger partial charge in [0.15, 0.2) is 0 Å². The number of rotatable bonds is 6. The molecule has 110 valence electrons. The molecule has 5 nitrogen and oxygen atoms in total. The van der Waals surface area contributed by atoms with Crippen LogP contribution in [0.5, 0.6) is 0 Å². The van der Waals surface area contributed by atoms with Crippen molar-refractivity contribution in [3.05, 3.63) is 69.5 Å². The van der Waals surface area contributed by atoms with Gasteiger partial charge in [0.25, 0.3) is 0 Å². The van der Waals surface area contributed by atoms with Crippen molar-refractivity contribution in [2.24, 2.45) is 0 Å². The second-order valence-electron chi connectivity index (χ2n) is 4.53. The smallest absolute Gasteiger partial charge is 0.304 e. The minimum absolute atomic E-state index is 0.499. The predicted molar refractivity (Wildman–Crippen MR) is 77.5 cm³/mol. The van der Waals surface area contributed by atoms with E-state index in [4.69, 9.17) is 4.74 Å². The monoisotopic (exact) mass is 290 g/mol. The van der Waals surface area contributed by atoms with E-state index in [2.05, 4.69) is 5.32 Å². The number of hydrogen-bond acceptors (Lipinski definition) is 4. The van der Waals surface area contributed by atoms with Crippen molar-refractivity contribution in [2.75, 3.05) is 12.4 Å². The van der Waals surface area contributed by atoms with Crippen molar-refractivity contribution in [2.45, 2.75) is 13.2 Å². The van der Waals surface area contributed by atoms with E-state index in [1.807, 2.05) is 24.3 Å². The first-order valence-electron chi connectivity index (χ1n) is 6.34. The van der Waals surface area contributed by atoms with E-state index < -0.39 is 16.4 Å². The highest BCUT2D eigenvalue weighted by Gasteiger charge is 2.13. The lowest BCUT2D eigenvalue weighted by atomic mass is 10.1. The van der Waals surface area contributed by atoms with E-state index >= 15 is 0 Å². The summed E-state index contributed by atoms with van der Waals surface area (Å²) in [6.07, 6.45) is 0. The number of nitro groups is 1. The maximum absolute atomic E-state index is 13.5. The molecular weight excluding hydrogens is 275 g/mol. The molecule has 2 aromatic rings. The predicted octanol–water partition coefficient (Wildman–Crippen LogP) is 3.49. The van der Waals surface area contributed by atoms with Crippen molar-refractivity contribution in [3.8, 4) is 0 Å². The van der Waals surface area contributed by atoms with Crippen molar-refractivity contribution in [1.82, 2.24) is 0 Å². The molecule has 0 heterocycles. The van der Waals surface area contributed by atoms with Crippen LogP contribution in [-0.2, 0) is 17.9 Å². The van der Waals surface area contributed by atoms with Crippen LogP contribution in [0.15, 0.2) is 42.5 Å². The summed E-state index contributed by atoms with van der Waals surface area (Å²) in [5.74, 6) is -0.847. The molecule has 0 aliphatic carbocycles. The highest BCUT2D eigenvalue weighted by molar-refractivity contribution is 5.49. The van der Waals surface area contributed by atoms with Gasteiger partial charge in [-0.25, -0.2) is 0 Å². The molecule has 0 fully saturated rings. The summed E-state index contributed by atoms with van der Waals surface area (Å²) < 4.78 is 18.5. The van der Waals surface area contributed by atoms with Gasteiger partial charge in [-0.3, -0.25) is 10.1 Å². The third kappa shape index (κ3) is 4.00. The van der Waals surface area contributed by atoms with E-state index in [0.717, 1.165) is 23.3 Å². The molecule has 0 amide bonds. The maximum atomic E-state index is 13.5. The quantitative estimate of drug-likeness (QED) is 0.653. The standard InChI is InChI=1S/C15H15FN2O3/c1-21-10-12-4-2-11(3-5-12)9-17-13-6-7-15(18(19)20)14(16)8-13/h2-8,17H,9-10H2,1H3. The highest BCUT2D eigenvalue weighted by Crippen LogP contribution is 2.21. The van der Waals surface area contributed by atoms with E-state index in [9.17, 15) is 14.5 Å². The fourth-order valence-electron chi connectivity index (χ4n) is 1.89. The van der Waals surface area contributed by atoms with Crippen LogP contribution < -0.4 is 5.32 Å². The molecule has 0 spiro atoms. The van der Waals surface area contributed by atoms with Gasteiger partial charge in [-0.1, -0.05) is 24.3 Å². The topological polar surface area (TPSA) is 64.4 Å². The average Bonchev–Trinajstić information content (AvgIpc) is 2.46. The molecule has 0 saturated carbocycles. The second-order valence-corrected chi connectivity index (χ2v) is 4.53. The summed E-state index contributed by atoms with van der Waals surface area (Å²) in [6.45, 7) is 1.06. The van der Waals surface area contributed by atoms with E-state index in [1.54, 1.807) is 7.11 Å². The Kier molecular flexibility index (Phi) is 4.84. The molecule has 0 bridgehead atoms. The summed E-state index contributed by atoms with van der Waals surface area (Å²) in [5.41, 5.74) is 2.07. The summed E-state index contributed by atoms with van der Waals surface area (Å²) in [5, 5.41) is 13.6. The Balaban J connectivity index is 1.99.